The zero-order valence-electron chi connectivity index (χ0n) is 6.66. The highest BCUT2D eigenvalue weighted by Gasteiger charge is 2.14. The van der Waals surface area contributed by atoms with Crippen molar-refractivity contribution in [1.82, 2.24) is 4.98 Å². The average molecular weight is 156 g/mol. The van der Waals surface area contributed by atoms with Gasteiger partial charge in [0.2, 0.25) is 0 Å². The largest absolute Gasteiger partial charge is 0.426 e. The van der Waals surface area contributed by atoms with Crippen molar-refractivity contribution in [2.75, 3.05) is 5.73 Å². The highest BCUT2D eigenvalue weighted by molar-refractivity contribution is 5.20. The van der Waals surface area contributed by atoms with Gasteiger partial charge in [-0.05, 0) is 13.3 Å². The summed E-state index contributed by atoms with van der Waals surface area (Å²) in [7, 11) is 0. The van der Waals surface area contributed by atoms with Gasteiger partial charge >= 0.3 is 0 Å². The predicted molar refractivity (Wildman–Crippen MR) is 40.9 cm³/mol. The van der Waals surface area contributed by atoms with E-state index < -0.39 is 6.10 Å². The number of hydrogen-bond acceptors (Lipinski definition) is 4. The van der Waals surface area contributed by atoms with Crippen molar-refractivity contribution in [3.05, 3.63) is 11.5 Å². The summed E-state index contributed by atoms with van der Waals surface area (Å²) in [6, 6.07) is 0.116. The molecule has 0 saturated carbocycles. The van der Waals surface area contributed by atoms with Crippen LogP contribution in [-0.2, 0) is 0 Å². The average Bonchev–Trinajstić information content (AvgIpc) is 2.28. The predicted octanol–water partition coefficient (Wildman–Crippen LogP) is 1.01. The van der Waals surface area contributed by atoms with Crippen LogP contribution in [0.15, 0.2) is 4.42 Å². The third kappa shape index (κ3) is 1.51. The molecule has 0 fully saturated rings. The molecule has 11 heavy (non-hydrogen) atoms. The van der Waals surface area contributed by atoms with Gasteiger partial charge < -0.3 is 15.3 Å². The van der Waals surface area contributed by atoms with Gasteiger partial charge in [-0.25, -0.2) is 0 Å². The molecule has 1 aromatic heterocycles. The normalized spacial score (nSPS) is 13.4. The van der Waals surface area contributed by atoms with E-state index in [1.807, 2.05) is 6.92 Å². The Balaban J connectivity index is 2.93. The second kappa shape index (κ2) is 2.92. The van der Waals surface area contributed by atoms with E-state index in [1.54, 1.807) is 6.92 Å². The second-order valence-corrected chi connectivity index (χ2v) is 2.43. The van der Waals surface area contributed by atoms with Gasteiger partial charge in [0.1, 0.15) is 6.10 Å². The fourth-order valence-corrected chi connectivity index (χ4v) is 0.924. The van der Waals surface area contributed by atoms with Gasteiger partial charge in [0.05, 0.1) is 5.69 Å². The van der Waals surface area contributed by atoms with Gasteiger partial charge in [-0.1, -0.05) is 6.92 Å². The molecule has 4 nitrogen and oxygen atoms in total. The number of hydrogen-bond donors (Lipinski definition) is 2. The topological polar surface area (TPSA) is 72.3 Å². The van der Waals surface area contributed by atoms with Crippen LogP contribution in [-0.4, -0.2) is 10.1 Å². The smallest absolute Gasteiger partial charge is 0.292 e. The number of aliphatic hydroxyl groups is 1. The number of oxazole rings is 1. The molecule has 0 radical (unpaired) electrons. The fourth-order valence-electron chi connectivity index (χ4n) is 0.924. The van der Waals surface area contributed by atoms with Gasteiger partial charge in [0.25, 0.3) is 6.01 Å². The van der Waals surface area contributed by atoms with Crippen LogP contribution in [0.3, 0.4) is 0 Å². The Hall–Kier alpha value is -1.03. The van der Waals surface area contributed by atoms with Gasteiger partial charge in [-0.15, -0.1) is 0 Å². The van der Waals surface area contributed by atoms with E-state index in [4.69, 9.17) is 10.2 Å². The van der Waals surface area contributed by atoms with E-state index in [9.17, 15) is 5.11 Å². The molecule has 1 atom stereocenters. The van der Waals surface area contributed by atoms with Crippen LogP contribution < -0.4 is 5.73 Å². The van der Waals surface area contributed by atoms with Crippen LogP contribution in [0, 0.1) is 6.92 Å². The van der Waals surface area contributed by atoms with Crippen molar-refractivity contribution in [3.8, 4) is 0 Å². The maximum Gasteiger partial charge on any atom is 0.292 e. The minimum absolute atomic E-state index is 0.116. The Kier molecular flexibility index (Phi) is 2.14. The molecule has 0 aliphatic heterocycles. The zero-order chi connectivity index (χ0) is 8.43. The Labute approximate surface area is 65.0 Å². The monoisotopic (exact) mass is 156 g/mol. The quantitative estimate of drug-likeness (QED) is 0.670. The van der Waals surface area contributed by atoms with Crippen molar-refractivity contribution in [1.29, 1.82) is 0 Å². The molecule has 0 aliphatic rings. The number of rotatable bonds is 2. The Morgan fingerprint density at radius 1 is 1.73 bits per heavy atom. The number of aromatic nitrogens is 1. The molecule has 62 valence electrons. The fraction of sp³-hybridized carbons (Fsp3) is 0.571. The van der Waals surface area contributed by atoms with E-state index in [0.717, 1.165) is 0 Å². The van der Waals surface area contributed by atoms with Crippen LogP contribution in [0.2, 0.25) is 0 Å². The van der Waals surface area contributed by atoms with E-state index >= 15 is 0 Å². The van der Waals surface area contributed by atoms with E-state index in [0.29, 0.717) is 17.9 Å². The summed E-state index contributed by atoms with van der Waals surface area (Å²) in [5.74, 6) is 0.477. The number of nitrogens with zero attached hydrogens (tertiary/aromatic N) is 1. The number of anilines is 1. The molecule has 0 bridgehead atoms. The lowest BCUT2D eigenvalue weighted by molar-refractivity contribution is 0.146. The highest BCUT2D eigenvalue weighted by atomic mass is 16.4. The van der Waals surface area contributed by atoms with Gasteiger partial charge in [-0.3, -0.25) is 0 Å². The van der Waals surface area contributed by atoms with Crippen molar-refractivity contribution in [2.45, 2.75) is 26.4 Å². The third-order valence-electron chi connectivity index (χ3n) is 1.54. The van der Waals surface area contributed by atoms with Crippen molar-refractivity contribution in [3.63, 3.8) is 0 Å². The molecular formula is C7H12N2O2. The molecule has 1 unspecified atom stereocenters. The first-order chi connectivity index (χ1) is 5.15. The van der Waals surface area contributed by atoms with E-state index in [2.05, 4.69) is 4.98 Å². The lowest BCUT2D eigenvalue weighted by atomic mass is 10.2. The summed E-state index contributed by atoms with van der Waals surface area (Å²) in [6.07, 6.45) is 0.0231. The number of nitrogen functional groups attached to an aromatic ring is 1. The standard InChI is InChI=1S/C7H12N2O2/c1-3-5(10)6-4(2)9-7(8)11-6/h5,10H,3H2,1-2H3,(H2,8,9). The number of aryl methyl sites for hydroxylation is 1. The van der Waals surface area contributed by atoms with Crippen LogP contribution >= 0.6 is 0 Å². The maximum atomic E-state index is 9.33. The zero-order valence-corrected chi connectivity index (χ0v) is 6.66. The molecule has 1 aromatic rings. The molecule has 0 aromatic carbocycles. The molecule has 3 N–H and O–H groups in total. The van der Waals surface area contributed by atoms with Crippen molar-refractivity contribution in [2.24, 2.45) is 0 Å². The van der Waals surface area contributed by atoms with E-state index in [-0.39, 0.29) is 6.01 Å². The Morgan fingerprint density at radius 3 is 2.73 bits per heavy atom. The van der Waals surface area contributed by atoms with Crippen LogP contribution in [0.1, 0.15) is 30.9 Å². The number of aliphatic hydroxyl groups excluding tert-OH is 1. The summed E-state index contributed by atoms with van der Waals surface area (Å²) in [5, 5.41) is 9.33. The molecule has 0 amide bonds. The van der Waals surface area contributed by atoms with E-state index in [1.165, 1.54) is 0 Å². The first-order valence-corrected chi connectivity index (χ1v) is 3.56. The molecule has 1 rings (SSSR count). The summed E-state index contributed by atoms with van der Waals surface area (Å²) in [6.45, 7) is 3.62. The number of nitrogens with two attached hydrogens (primary N) is 1. The Morgan fingerprint density at radius 2 is 2.36 bits per heavy atom. The van der Waals surface area contributed by atoms with Crippen molar-refractivity contribution >= 4 is 6.01 Å². The molecular weight excluding hydrogens is 144 g/mol. The highest BCUT2D eigenvalue weighted by Crippen LogP contribution is 2.21. The summed E-state index contributed by atoms with van der Waals surface area (Å²) >= 11 is 0. The lowest BCUT2D eigenvalue weighted by Gasteiger charge is -2.02. The molecule has 1 heterocycles. The summed E-state index contributed by atoms with van der Waals surface area (Å²) < 4.78 is 4.98. The lowest BCUT2D eigenvalue weighted by Crippen LogP contribution is -1.94. The summed E-state index contributed by atoms with van der Waals surface area (Å²) in [5.41, 5.74) is 5.95. The molecule has 0 aliphatic carbocycles. The molecule has 4 heteroatoms. The maximum absolute atomic E-state index is 9.33. The van der Waals surface area contributed by atoms with Crippen LogP contribution in [0.25, 0.3) is 0 Å². The van der Waals surface area contributed by atoms with Crippen LogP contribution in [0.5, 0.6) is 0 Å². The van der Waals surface area contributed by atoms with Gasteiger partial charge in [-0.2, -0.15) is 4.98 Å². The van der Waals surface area contributed by atoms with Crippen LogP contribution in [0.4, 0.5) is 6.01 Å². The van der Waals surface area contributed by atoms with Crippen molar-refractivity contribution < 1.29 is 9.52 Å². The van der Waals surface area contributed by atoms with Gasteiger partial charge in [0.15, 0.2) is 5.76 Å². The molecule has 0 spiro atoms. The summed E-state index contributed by atoms with van der Waals surface area (Å²) in [4.78, 5) is 3.83. The minimum Gasteiger partial charge on any atom is -0.426 e. The SMILES string of the molecule is CCC(O)c1oc(N)nc1C. The first kappa shape index (κ1) is 8.07. The first-order valence-electron chi connectivity index (χ1n) is 3.56. The van der Waals surface area contributed by atoms with Gasteiger partial charge in [0, 0.05) is 0 Å². The minimum atomic E-state index is -0.584. The Bertz CT molecular complexity index is 245. The third-order valence-corrected chi connectivity index (χ3v) is 1.54. The molecule has 0 saturated heterocycles. The second-order valence-electron chi connectivity index (χ2n) is 2.43.